The van der Waals surface area contributed by atoms with Crippen LogP contribution in [0, 0.1) is 11.7 Å². The summed E-state index contributed by atoms with van der Waals surface area (Å²) in [4.78, 5) is 11.9. The van der Waals surface area contributed by atoms with Crippen molar-refractivity contribution in [2.24, 2.45) is 5.92 Å². The molecule has 35 heavy (non-hydrogen) atoms. The van der Waals surface area contributed by atoms with E-state index in [1.165, 1.54) is 6.07 Å². The molecule has 0 aromatic heterocycles. The zero-order valence-electron chi connectivity index (χ0n) is 20.8. The average molecular weight is 483 g/mol. The maximum absolute atomic E-state index is 14.8. The summed E-state index contributed by atoms with van der Waals surface area (Å²) in [6.45, 7) is 16.8. The van der Waals surface area contributed by atoms with Gasteiger partial charge in [0, 0.05) is 23.1 Å². The molecule has 0 heterocycles. The van der Waals surface area contributed by atoms with Crippen molar-refractivity contribution < 1.29 is 28.5 Å². The van der Waals surface area contributed by atoms with Gasteiger partial charge in [-0.15, -0.1) is 0 Å². The molecule has 0 saturated heterocycles. The van der Waals surface area contributed by atoms with Crippen LogP contribution < -0.4 is 4.74 Å². The van der Waals surface area contributed by atoms with Gasteiger partial charge in [-0.3, -0.25) is 0 Å². The van der Waals surface area contributed by atoms with Crippen molar-refractivity contribution in [1.82, 2.24) is 0 Å². The minimum absolute atomic E-state index is 0.111. The molecular weight excluding hydrogens is 447 g/mol. The van der Waals surface area contributed by atoms with Crippen LogP contribution in [0.4, 0.5) is 4.39 Å². The summed E-state index contributed by atoms with van der Waals surface area (Å²) in [5.41, 5.74) is 3.89. The van der Waals surface area contributed by atoms with E-state index in [0.717, 1.165) is 16.7 Å². The van der Waals surface area contributed by atoms with E-state index < -0.39 is 12.3 Å². The quantitative estimate of drug-likeness (QED) is 0.160. The van der Waals surface area contributed by atoms with Gasteiger partial charge in [0.2, 0.25) is 0 Å². The summed E-state index contributed by atoms with van der Waals surface area (Å²) in [5.74, 6) is -0.590. The van der Waals surface area contributed by atoms with E-state index in [9.17, 15) is 14.3 Å². The van der Waals surface area contributed by atoms with Crippen LogP contribution in [0.2, 0.25) is 0 Å². The third-order valence-electron chi connectivity index (χ3n) is 5.17. The number of ether oxygens (including phenoxy) is 3. The van der Waals surface area contributed by atoms with Gasteiger partial charge in [0.1, 0.15) is 18.2 Å². The van der Waals surface area contributed by atoms with Crippen molar-refractivity contribution >= 4 is 11.5 Å². The number of allylic oxidation sites excluding steroid dienone is 6. The van der Waals surface area contributed by atoms with Crippen LogP contribution >= 0.6 is 0 Å². The number of aliphatic hydroxyl groups is 1. The zero-order chi connectivity index (χ0) is 26.0. The Bertz CT molecular complexity index is 1050. The average Bonchev–Trinajstić information content (AvgIpc) is 3.04. The first-order valence-electron chi connectivity index (χ1n) is 11.5. The fourth-order valence-corrected chi connectivity index (χ4v) is 3.23. The third kappa shape index (κ3) is 9.51. The molecule has 1 aromatic carbocycles. The lowest BCUT2D eigenvalue weighted by Crippen LogP contribution is -2.23. The maximum Gasteiger partial charge on any atom is 0.333 e. The molecule has 0 saturated carbocycles. The Labute approximate surface area is 207 Å². The van der Waals surface area contributed by atoms with Gasteiger partial charge in [-0.05, 0) is 62.5 Å². The van der Waals surface area contributed by atoms with E-state index in [2.05, 4.69) is 19.7 Å². The molecule has 0 aliphatic heterocycles. The predicted octanol–water partition coefficient (Wildman–Crippen LogP) is 6.09. The Morgan fingerprint density at radius 3 is 2.49 bits per heavy atom. The Hall–Kier alpha value is -3.22. The summed E-state index contributed by atoms with van der Waals surface area (Å²) in [6.07, 6.45) is 7.84. The van der Waals surface area contributed by atoms with Crippen molar-refractivity contribution in [3.63, 3.8) is 0 Å². The topological polar surface area (TPSA) is 65.0 Å². The normalized spacial score (nSPS) is 14.8. The Balaban J connectivity index is 2.08. The van der Waals surface area contributed by atoms with Crippen LogP contribution in [0.25, 0.3) is 5.57 Å². The lowest BCUT2D eigenvalue weighted by Gasteiger charge is -2.20. The molecule has 5 nitrogen and oxygen atoms in total. The van der Waals surface area contributed by atoms with E-state index >= 15 is 0 Å². The summed E-state index contributed by atoms with van der Waals surface area (Å²) < 4.78 is 31.1. The molecule has 0 fully saturated rings. The molecule has 0 bridgehead atoms. The number of carbonyl (C=O) groups is 1. The second-order valence-electron chi connectivity index (χ2n) is 8.88. The number of hydrogen-bond donors (Lipinski definition) is 1. The van der Waals surface area contributed by atoms with E-state index in [0.29, 0.717) is 41.9 Å². The molecule has 1 aliphatic rings. The third-order valence-corrected chi connectivity index (χ3v) is 5.17. The number of halogens is 1. The van der Waals surface area contributed by atoms with Crippen LogP contribution in [-0.4, -0.2) is 37.2 Å². The highest BCUT2D eigenvalue weighted by atomic mass is 19.1. The highest BCUT2D eigenvalue weighted by Crippen LogP contribution is 2.28. The van der Waals surface area contributed by atoms with Crippen LogP contribution in [0.5, 0.6) is 5.75 Å². The number of carbonyl (C=O) groups excluding carboxylic acids is 1. The van der Waals surface area contributed by atoms with Gasteiger partial charge >= 0.3 is 5.97 Å². The standard InChI is InChI=1S/C29H35FO5/c1-19(2)16-33-25-12-13-26(27(30)15-25)24-9-7-8-22(10-11-24)14-23(17-34-28(31)20(3)4)18-35-29(32)21(5)6/h8-13,15,23,28,31H,1,3,5,7,14,16-18H2,2,4,6H3. The second kappa shape index (κ2) is 13.6. The molecule has 2 unspecified atom stereocenters. The second-order valence-corrected chi connectivity index (χ2v) is 8.88. The van der Waals surface area contributed by atoms with Gasteiger partial charge in [0.25, 0.3) is 0 Å². The van der Waals surface area contributed by atoms with Crippen molar-refractivity contribution in [3.05, 3.63) is 95.9 Å². The monoisotopic (exact) mass is 482 g/mol. The molecular formula is C29H35FO5. The molecule has 0 spiro atoms. The van der Waals surface area contributed by atoms with Crippen LogP contribution in [0.1, 0.15) is 39.2 Å². The van der Waals surface area contributed by atoms with Gasteiger partial charge < -0.3 is 19.3 Å². The highest BCUT2D eigenvalue weighted by molar-refractivity contribution is 5.86. The van der Waals surface area contributed by atoms with Crippen molar-refractivity contribution in [3.8, 4) is 5.75 Å². The van der Waals surface area contributed by atoms with Crippen LogP contribution in [0.3, 0.4) is 0 Å². The number of esters is 1. The molecule has 1 N–H and O–H groups in total. The molecule has 1 aliphatic carbocycles. The molecule has 0 amide bonds. The van der Waals surface area contributed by atoms with Gasteiger partial charge in [-0.25, -0.2) is 9.18 Å². The summed E-state index contributed by atoms with van der Waals surface area (Å²) in [7, 11) is 0. The first kappa shape index (κ1) is 28.0. The minimum Gasteiger partial charge on any atom is -0.489 e. The van der Waals surface area contributed by atoms with Crippen molar-refractivity contribution in [2.75, 3.05) is 19.8 Å². The van der Waals surface area contributed by atoms with Gasteiger partial charge in [-0.1, -0.05) is 49.6 Å². The van der Waals surface area contributed by atoms with Gasteiger partial charge in [0.05, 0.1) is 13.2 Å². The smallest absolute Gasteiger partial charge is 0.333 e. The summed E-state index contributed by atoms with van der Waals surface area (Å²) in [5, 5.41) is 9.93. The van der Waals surface area contributed by atoms with Gasteiger partial charge in [-0.2, -0.15) is 0 Å². The number of rotatable bonds is 13. The maximum atomic E-state index is 14.8. The van der Waals surface area contributed by atoms with Crippen molar-refractivity contribution in [1.29, 1.82) is 0 Å². The molecule has 2 atom stereocenters. The zero-order valence-corrected chi connectivity index (χ0v) is 20.8. The Morgan fingerprint density at radius 1 is 1.11 bits per heavy atom. The lowest BCUT2D eigenvalue weighted by atomic mass is 9.99. The van der Waals surface area contributed by atoms with E-state index in [4.69, 9.17) is 14.2 Å². The van der Waals surface area contributed by atoms with E-state index in [1.807, 2.05) is 31.2 Å². The molecule has 2 rings (SSSR count). The first-order chi connectivity index (χ1) is 16.6. The summed E-state index contributed by atoms with van der Waals surface area (Å²) in [6, 6.07) is 4.82. The molecule has 0 radical (unpaired) electrons. The Kier molecular flexibility index (Phi) is 10.9. The minimum atomic E-state index is -1.09. The van der Waals surface area contributed by atoms with E-state index in [1.54, 1.807) is 26.0 Å². The predicted molar refractivity (Wildman–Crippen MR) is 137 cm³/mol. The number of benzene rings is 1. The van der Waals surface area contributed by atoms with Crippen LogP contribution in [-0.2, 0) is 14.3 Å². The molecule has 6 heteroatoms. The lowest BCUT2D eigenvalue weighted by molar-refractivity contribution is -0.142. The number of hydrogen-bond acceptors (Lipinski definition) is 5. The fourth-order valence-electron chi connectivity index (χ4n) is 3.23. The first-order valence-corrected chi connectivity index (χ1v) is 11.5. The number of aliphatic hydroxyl groups excluding tert-OH is 1. The van der Waals surface area contributed by atoms with Gasteiger partial charge in [0.15, 0.2) is 6.29 Å². The van der Waals surface area contributed by atoms with Crippen molar-refractivity contribution in [2.45, 2.75) is 39.9 Å². The highest BCUT2D eigenvalue weighted by Gasteiger charge is 2.18. The molecule has 1 aromatic rings. The van der Waals surface area contributed by atoms with E-state index in [-0.39, 0.29) is 24.9 Å². The SMILES string of the molecule is C=C(C)COc1ccc(C2=CCC=C(CC(COC(=O)C(=C)C)COC(O)C(=C)C)C=C2)c(F)c1. The fraction of sp³-hybridized carbons (Fsp3) is 0.345. The molecule has 188 valence electrons. The summed E-state index contributed by atoms with van der Waals surface area (Å²) >= 11 is 0. The largest absolute Gasteiger partial charge is 0.489 e. The Morgan fingerprint density at radius 2 is 1.86 bits per heavy atom. The van der Waals surface area contributed by atoms with Crippen LogP contribution in [0.15, 0.2) is 84.5 Å².